The predicted molar refractivity (Wildman–Crippen MR) is 32.5 cm³/mol. The molecule has 0 aliphatic heterocycles. The quantitative estimate of drug-likeness (QED) is 0.586. The molecule has 2 nitrogen and oxygen atoms in total. The van der Waals surface area contributed by atoms with Crippen LogP contribution in [0, 0.1) is 0 Å². The van der Waals surface area contributed by atoms with E-state index in [1.165, 1.54) is 3.07 Å². The summed E-state index contributed by atoms with van der Waals surface area (Å²) in [5, 5.41) is 8.25. The predicted octanol–water partition coefficient (Wildman–Crippen LogP) is -0.830. The summed E-state index contributed by atoms with van der Waals surface area (Å²) in [7, 11) is -0.500. The van der Waals surface area contributed by atoms with Crippen LogP contribution in [0.4, 0.5) is 0 Å². The Bertz CT molecular complexity index is 178. The van der Waals surface area contributed by atoms with Crippen LogP contribution in [0.3, 0.4) is 0 Å². The molecule has 0 aliphatic carbocycles. The van der Waals surface area contributed by atoms with Gasteiger partial charge in [-0.05, 0) is 0 Å². The summed E-state index contributed by atoms with van der Waals surface area (Å²) >= 11 is 0.810. The molecule has 1 rings (SSSR count). The molecule has 1 aromatic carbocycles. The summed E-state index contributed by atoms with van der Waals surface area (Å²) in [6.45, 7) is 0. The first kappa shape index (κ1) is 9.82. The van der Waals surface area contributed by atoms with Crippen LogP contribution in [0.5, 0.6) is 0 Å². The van der Waals surface area contributed by atoms with Gasteiger partial charge in [0.05, 0.1) is 0 Å². The second-order valence-corrected chi connectivity index (χ2v) is 4.76. The Balaban J connectivity index is 0.000000236. The molecule has 0 radical (unpaired) electrons. The van der Waals surface area contributed by atoms with Crippen LogP contribution >= 0.6 is 0 Å². The first-order valence-electron chi connectivity index (χ1n) is 2.74. The van der Waals surface area contributed by atoms with E-state index in [1.807, 2.05) is 0 Å². The minimum atomic E-state index is -0.500. The fourth-order valence-electron chi connectivity index (χ4n) is 0.478. The van der Waals surface area contributed by atoms with Crippen LogP contribution in [0.1, 0.15) is 0 Å². The average molecular weight is 321 g/mol. The van der Waals surface area contributed by atoms with E-state index in [2.05, 4.69) is 30.3 Å². The first-order valence-corrected chi connectivity index (χ1v) is 5.48. The maximum atomic E-state index is 8.25. The molecule has 4 heteroatoms. The van der Waals surface area contributed by atoms with Crippen LogP contribution in [-0.2, 0) is 30.8 Å². The van der Waals surface area contributed by atoms with E-state index >= 15 is 0 Å². The Hall–Kier alpha value is -0.180. The van der Waals surface area contributed by atoms with Crippen molar-refractivity contribution in [1.82, 2.24) is 0 Å². The molecule has 46 valence electrons. The maximum absolute atomic E-state index is 8.25. The summed E-state index contributed by atoms with van der Waals surface area (Å²) in [6, 6.07) is 10.6. The van der Waals surface area contributed by atoms with Crippen molar-refractivity contribution in [1.29, 1.82) is 0 Å². The Kier molecular flexibility index (Phi) is 6.81. The van der Waals surface area contributed by atoms with Crippen LogP contribution in [-0.4, -0.2) is 7.35 Å². The molecule has 0 atom stereocenters. The number of benzene rings is 1. The molecule has 0 unspecified atom stereocenters. The van der Waals surface area contributed by atoms with E-state index in [0.29, 0.717) is 0 Å². The van der Waals surface area contributed by atoms with Gasteiger partial charge in [0, 0.05) is 0 Å². The van der Waals surface area contributed by atoms with Crippen molar-refractivity contribution in [3.63, 3.8) is 0 Å². The molecule has 1 aromatic rings. The van der Waals surface area contributed by atoms with Gasteiger partial charge in [-0.15, -0.1) is 0 Å². The standard InChI is InChI=1S/C6H5.BO2.Hg/c1-2-4-6-5-3-1;2-1-3;/h1-5H;;/q;-1;+1. The third-order valence-electron chi connectivity index (χ3n) is 0.843. The Morgan fingerprint density at radius 2 is 1.70 bits per heavy atom. The molecule has 0 saturated heterocycles. The molecule has 0 bridgehead atoms. The van der Waals surface area contributed by atoms with Crippen molar-refractivity contribution in [2.75, 3.05) is 0 Å². The molecule has 0 amide bonds. The molecule has 0 aliphatic rings. The molecule has 0 fully saturated rings. The summed E-state index contributed by atoms with van der Waals surface area (Å²) in [5.41, 5.74) is 0. The van der Waals surface area contributed by atoms with E-state index in [0.717, 1.165) is 26.1 Å². The van der Waals surface area contributed by atoms with Crippen LogP contribution in [0.15, 0.2) is 30.3 Å². The molecule has 0 saturated carbocycles. The van der Waals surface area contributed by atoms with Gasteiger partial charge < -0.3 is 0 Å². The summed E-state index contributed by atoms with van der Waals surface area (Å²) < 4.78 is 9.77. The van der Waals surface area contributed by atoms with Crippen LogP contribution in [0.25, 0.3) is 0 Å². The van der Waals surface area contributed by atoms with Crippen molar-refractivity contribution in [2.24, 2.45) is 0 Å². The number of hydrogen-bond donors (Lipinski definition) is 0. The summed E-state index contributed by atoms with van der Waals surface area (Å²) in [6.07, 6.45) is 0. The first-order chi connectivity index (χ1) is 4.81. The minimum absolute atomic E-state index is 0.500. The SMILES string of the molecule is O=B[O-].[Hg+][c]1ccccc1. The molecular weight excluding hydrogens is 315 g/mol. The number of hydrogen-bond acceptors (Lipinski definition) is 2. The Morgan fingerprint density at radius 3 is 1.90 bits per heavy atom. The van der Waals surface area contributed by atoms with Gasteiger partial charge in [0.2, 0.25) is 0 Å². The molecule has 0 aromatic heterocycles. The van der Waals surface area contributed by atoms with Gasteiger partial charge in [0.1, 0.15) is 0 Å². The normalized spacial score (nSPS) is 7.00. The van der Waals surface area contributed by atoms with Gasteiger partial charge in [-0.3, -0.25) is 0 Å². The van der Waals surface area contributed by atoms with E-state index in [4.69, 9.17) is 9.73 Å². The van der Waals surface area contributed by atoms with Crippen molar-refractivity contribution in [3.05, 3.63) is 30.3 Å². The van der Waals surface area contributed by atoms with Gasteiger partial charge in [-0.1, -0.05) is 0 Å². The molecule has 0 N–H and O–H groups in total. The van der Waals surface area contributed by atoms with Crippen molar-refractivity contribution in [3.8, 4) is 0 Å². The van der Waals surface area contributed by atoms with E-state index < -0.39 is 7.35 Å². The van der Waals surface area contributed by atoms with Gasteiger partial charge >= 0.3 is 76.6 Å². The van der Waals surface area contributed by atoms with Gasteiger partial charge in [-0.25, -0.2) is 0 Å². The monoisotopic (exact) mass is 322 g/mol. The summed E-state index contributed by atoms with van der Waals surface area (Å²) in [5.74, 6) is 0. The Morgan fingerprint density at radius 1 is 1.30 bits per heavy atom. The van der Waals surface area contributed by atoms with Crippen molar-refractivity contribution >= 4 is 10.4 Å². The van der Waals surface area contributed by atoms with Crippen LogP contribution in [0.2, 0.25) is 0 Å². The van der Waals surface area contributed by atoms with Crippen LogP contribution < -0.4 is 8.10 Å². The third kappa shape index (κ3) is 5.95. The fraction of sp³-hybridized carbons (Fsp3) is 0. The second kappa shape index (κ2) is 6.93. The second-order valence-electron chi connectivity index (χ2n) is 1.58. The van der Waals surface area contributed by atoms with E-state index in [-0.39, 0.29) is 0 Å². The molecular formula is C6H5BHgO2. The van der Waals surface area contributed by atoms with Crippen molar-refractivity contribution < 1.29 is 35.9 Å². The van der Waals surface area contributed by atoms with Gasteiger partial charge in [-0.2, -0.15) is 0 Å². The summed E-state index contributed by atoms with van der Waals surface area (Å²) in [4.78, 5) is 0. The topological polar surface area (TPSA) is 40.1 Å². The van der Waals surface area contributed by atoms with Gasteiger partial charge in [0.25, 0.3) is 0 Å². The third-order valence-corrected chi connectivity index (χ3v) is 2.68. The Labute approximate surface area is 76.5 Å². The number of rotatable bonds is 0. The average Bonchev–Trinajstić information content (AvgIpc) is 1.91. The fourth-order valence-corrected chi connectivity index (χ4v) is 1.54. The zero-order valence-electron chi connectivity index (χ0n) is 5.49. The van der Waals surface area contributed by atoms with E-state index in [1.54, 1.807) is 0 Å². The zero-order chi connectivity index (χ0) is 7.82. The van der Waals surface area contributed by atoms with E-state index in [9.17, 15) is 0 Å². The molecule has 10 heavy (non-hydrogen) atoms. The molecule has 0 spiro atoms. The van der Waals surface area contributed by atoms with Gasteiger partial charge in [0.15, 0.2) is 0 Å². The van der Waals surface area contributed by atoms with Crippen molar-refractivity contribution in [2.45, 2.75) is 0 Å². The molecule has 0 heterocycles. The zero-order valence-corrected chi connectivity index (χ0v) is 11.0.